The summed E-state index contributed by atoms with van der Waals surface area (Å²) in [6, 6.07) is 18.6. The third-order valence-corrected chi connectivity index (χ3v) is 4.02. The molecule has 0 aliphatic carbocycles. The quantitative estimate of drug-likeness (QED) is 0.572. The van der Waals surface area contributed by atoms with Crippen molar-refractivity contribution in [2.24, 2.45) is 0 Å². The van der Waals surface area contributed by atoms with Gasteiger partial charge in [-0.3, -0.25) is 9.36 Å². The SMILES string of the molecule is O=C(CC[PH](=O)OCc1ccccc1)c1ccccc1. The molecule has 1 atom stereocenters. The van der Waals surface area contributed by atoms with Crippen molar-refractivity contribution in [2.75, 3.05) is 6.16 Å². The van der Waals surface area contributed by atoms with Crippen LogP contribution in [0.2, 0.25) is 0 Å². The van der Waals surface area contributed by atoms with Crippen molar-refractivity contribution in [1.82, 2.24) is 0 Å². The zero-order valence-corrected chi connectivity index (χ0v) is 12.1. The molecule has 0 N–H and O–H groups in total. The molecule has 2 rings (SSSR count). The summed E-state index contributed by atoms with van der Waals surface area (Å²) in [5, 5.41) is 0. The van der Waals surface area contributed by atoms with E-state index < -0.39 is 8.03 Å². The van der Waals surface area contributed by atoms with Gasteiger partial charge in [-0.2, -0.15) is 0 Å². The average molecular weight is 288 g/mol. The first-order chi connectivity index (χ1) is 9.75. The van der Waals surface area contributed by atoms with Crippen LogP contribution in [0.15, 0.2) is 60.7 Å². The van der Waals surface area contributed by atoms with Crippen LogP contribution in [0, 0.1) is 0 Å². The fourth-order valence-corrected chi connectivity index (χ4v) is 2.70. The number of rotatable bonds is 7. The van der Waals surface area contributed by atoms with Crippen LogP contribution < -0.4 is 0 Å². The largest absolute Gasteiger partial charge is 0.326 e. The van der Waals surface area contributed by atoms with Crippen molar-refractivity contribution in [2.45, 2.75) is 13.0 Å². The highest BCUT2D eigenvalue weighted by Gasteiger charge is 2.08. The van der Waals surface area contributed by atoms with Crippen molar-refractivity contribution < 1.29 is 13.9 Å². The number of hydrogen-bond donors (Lipinski definition) is 0. The summed E-state index contributed by atoms with van der Waals surface area (Å²) in [7, 11) is -2.16. The molecule has 0 spiro atoms. The van der Waals surface area contributed by atoms with E-state index in [-0.39, 0.29) is 12.2 Å². The number of carbonyl (C=O) groups is 1. The maximum Gasteiger partial charge on any atom is 0.192 e. The molecule has 0 fully saturated rings. The molecule has 0 heterocycles. The maximum absolute atomic E-state index is 11.8. The summed E-state index contributed by atoms with van der Waals surface area (Å²) < 4.78 is 17.1. The van der Waals surface area contributed by atoms with Crippen LogP contribution in [0.4, 0.5) is 0 Å². The van der Waals surface area contributed by atoms with Crippen LogP contribution in [-0.4, -0.2) is 11.9 Å². The third kappa shape index (κ3) is 4.76. The summed E-state index contributed by atoms with van der Waals surface area (Å²) in [4.78, 5) is 11.8. The molecule has 2 aromatic rings. The molecule has 20 heavy (non-hydrogen) atoms. The maximum atomic E-state index is 11.8. The normalized spacial score (nSPS) is 12.0. The van der Waals surface area contributed by atoms with Crippen LogP contribution in [0.25, 0.3) is 0 Å². The molecule has 0 saturated carbocycles. The van der Waals surface area contributed by atoms with Crippen LogP contribution in [0.3, 0.4) is 0 Å². The third-order valence-electron chi connectivity index (χ3n) is 2.89. The van der Waals surface area contributed by atoms with E-state index >= 15 is 0 Å². The zero-order chi connectivity index (χ0) is 14.2. The second-order valence-corrected chi connectivity index (χ2v) is 5.97. The molecule has 1 unspecified atom stereocenters. The average Bonchev–Trinajstić information content (AvgIpc) is 2.52. The molecule has 0 aliphatic rings. The summed E-state index contributed by atoms with van der Waals surface area (Å²) in [6.07, 6.45) is 0.557. The fraction of sp³-hybridized carbons (Fsp3) is 0.188. The van der Waals surface area contributed by atoms with Crippen LogP contribution in [0.5, 0.6) is 0 Å². The molecule has 0 saturated heterocycles. The summed E-state index contributed by atoms with van der Waals surface area (Å²) >= 11 is 0. The van der Waals surface area contributed by atoms with Crippen molar-refractivity contribution in [1.29, 1.82) is 0 Å². The minimum atomic E-state index is -2.16. The second-order valence-electron chi connectivity index (χ2n) is 4.44. The molecule has 0 radical (unpaired) electrons. The summed E-state index contributed by atoms with van der Waals surface area (Å²) in [6.45, 7) is 0.332. The lowest BCUT2D eigenvalue weighted by Gasteiger charge is -2.04. The molecular formula is C16H17O3P. The van der Waals surface area contributed by atoms with Gasteiger partial charge in [0, 0.05) is 18.1 Å². The predicted octanol–water partition coefficient (Wildman–Crippen LogP) is 3.95. The van der Waals surface area contributed by atoms with Gasteiger partial charge in [-0.1, -0.05) is 60.7 Å². The molecule has 3 nitrogen and oxygen atoms in total. The van der Waals surface area contributed by atoms with E-state index in [9.17, 15) is 9.36 Å². The summed E-state index contributed by atoms with van der Waals surface area (Å²) in [5.74, 6) is 0.00672. The van der Waals surface area contributed by atoms with Gasteiger partial charge in [-0.15, -0.1) is 0 Å². The van der Waals surface area contributed by atoms with Gasteiger partial charge in [-0.25, -0.2) is 0 Å². The first kappa shape index (κ1) is 14.7. The molecule has 104 valence electrons. The van der Waals surface area contributed by atoms with E-state index in [4.69, 9.17) is 4.52 Å². The Balaban J connectivity index is 1.74. The number of hydrogen-bond acceptors (Lipinski definition) is 3. The van der Waals surface area contributed by atoms with Gasteiger partial charge in [0.05, 0.1) is 6.61 Å². The van der Waals surface area contributed by atoms with Gasteiger partial charge in [0.15, 0.2) is 13.8 Å². The van der Waals surface area contributed by atoms with E-state index in [2.05, 4.69) is 0 Å². The fourth-order valence-electron chi connectivity index (χ4n) is 1.79. The second kappa shape index (κ2) is 7.78. The lowest BCUT2D eigenvalue weighted by atomic mass is 10.1. The Kier molecular flexibility index (Phi) is 5.72. The molecule has 4 heteroatoms. The summed E-state index contributed by atoms with van der Waals surface area (Å²) in [5.41, 5.74) is 1.64. The molecule has 0 amide bonds. The topological polar surface area (TPSA) is 43.4 Å². The minimum absolute atomic E-state index is 0.00672. The molecule has 0 aliphatic heterocycles. The van der Waals surface area contributed by atoms with Crippen LogP contribution in [-0.2, 0) is 15.7 Å². The number of ketones is 1. The zero-order valence-electron chi connectivity index (χ0n) is 11.1. The number of Topliss-reactive ketones (excluding diaryl/α,β-unsaturated/α-hetero) is 1. The molecular weight excluding hydrogens is 271 g/mol. The van der Waals surface area contributed by atoms with Crippen molar-refractivity contribution >= 4 is 13.8 Å². The van der Waals surface area contributed by atoms with Gasteiger partial charge >= 0.3 is 0 Å². The minimum Gasteiger partial charge on any atom is -0.326 e. The van der Waals surface area contributed by atoms with E-state index in [0.29, 0.717) is 18.3 Å². The lowest BCUT2D eigenvalue weighted by molar-refractivity contribution is 0.0988. The standard InChI is InChI=1S/C16H17O3P/c17-16(15-9-5-2-6-10-15)11-12-20(18)19-13-14-7-3-1-4-8-14/h1-10,20H,11-13H2. The smallest absolute Gasteiger partial charge is 0.192 e. The van der Waals surface area contributed by atoms with Gasteiger partial charge in [0.1, 0.15) is 0 Å². The van der Waals surface area contributed by atoms with Gasteiger partial charge in [-0.05, 0) is 5.56 Å². The Hall–Kier alpha value is -1.70. The van der Waals surface area contributed by atoms with E-state index in [1.54, 1.807) is 12.1 Å². The monoisotopic (exact) mass is 288 g/mol. The van der Waals surface area contributed by atoms with Gasteiger partial charge in [0.25, 0.3) is 0 Å². The van der Waals surface area contributed by atoms with Gasteiger partial charge < -0.3 is 4.52 Å². The van der Waals surface area contributed by atoms with E-state index in [1.165, 1.54) is 0 Å². The molecule has 2 aromatic carbocycles. The Morgan fingerprint density at radius 3 is 2.20 bits per heavy atom. The molecule has 0 aromatic heterocycles. The van der Waals surface area contributed by atoms with Crippen LogP contribution >= 0.6 is 8.03 Å². The number of benzene rings is 2. The highest BCUT2D eigenvalue weighted by atomic mass is 31.1. The number of carbonyl (C=O) groups excluding carboxylic acids is 1. The van der Waals surface area contributed by atoms with Crippen LogP contribution in [0.1, 0.15) is 22.3 Å². The first-order valence-electron chi connectivity index (χ1n) is 6.53. The van der Waals surface area contributed by atoms with E-state index in [0.717, 1.165) is 5.56 Å². The Labute approximate surface area is 119 Å². The highest BCUT2D eigenvalue weighted by Crippen LogP contribution is 2.25. The van der Waals surface area contributed by atoms with Gasteiger partial charge in [0.2, 0.25) is 0 Å². The Bertz CT molecular complexity index is 567. The Morgan fingerprint density at radius 2 is 1.55 bits per heavy atom. The van der Waals surface area contributed by atoms with Crippen molar-refractivity contribution in [3.63, 3.8) is 0 Å². The van der Waals surface area contributed by atoms with Crippen molar-refractivity contribution in [3.8, 4) is 0 Å². The lowest BCUT2D eigenvalue weighted by Crippen LogP contribution is -2.00. The molecule has 0 bridgehead atoms. The Morgan fingerprint density at radius 1 is 0.950 bits per heavy atom. The van der Waals surface area contributed by atoms with Crippen molar-refractivity contribution in [3.05, 3.63) is 71.8 Å². The predicted molar refractivity (Wildman–Crippen MR) is 80.5 cm³/mol. The highest BCUT2D eigenvalue weighted by molar-refractivity contribution is 7.39. The van der Waals surface area contributed by atoms with E-state index in [1.807, 2.05) is 48.5 Å². The first-order valence-corrected chi connectivity index (χ1v) is 8.06.